The van der Waals surface area contributed by atoms with Gasteiger partial charge >= 0.3 is 0 Å². The Kier molecular flexibility index (Phi) is 2.60. The highest BCUT2D eigenvalue weighted by molar-refractivity contribution is 6.95. The Labute approximate surface area is 95.4 Å². The summed E-state index contributed by atoms with van der Waals surface area (Å²) in [6.45, 7) is 12.6. The zero-order valence-electron chi connectivity index (χ0n) is 10.5. The molecule has 0 fully saturated rings. The van der Waals surface area contributed by atoms with Gasteiger partial charge in [0.1, 0.15) is 8.07 Å². The molecule has 3 aliphatic rings. The first-order valence-corrected chi connectivity index (χ1v) is 12.2. The van der Waals surface area contributed by atoms with Crippen molar-refractivity contribution in [2.45, 2.75) is 45.6 Å². The van der Waals surface area contributed by atoms with Crippen molar-refractivity contribution >= 4 is 16.4 Å². The average molecular weight is 237 g/mol. The summed E-state index contributed by atoms with van der Waals surface area (Å²) in [6, 6.07) is 0. The third kappa shape index (κ3) is 1.93. The molecule has 0 amide bonds. The number of hydrogen-bond acceptors (Lipinski definition) is 1. The second-order valence-electron chi connectivity index (χ2n) is 6.02. The topological polar surface area (TPSA) is 9.23 Å². The number of hydrogen-bond donors (Lipinski definition) is 0. The molecule has 0 N–H and O–H groups in total. The summed E-state index contributed by atoms with van der Waals surface area (Å²) in [5, 5.41) is 3.35. The van der Waals surface area contributed by atoms with Crippen molar-refractivity contribution < 1.29 is 4.43 Å². The summed E-state index contributed by atoms with van der Waals surface area (Å²) in [7, 11) is -2.38. The predicted molar refractivity (Wildman–Crippen MR) is 69.8 cm³/mol. The third-order valence-corrected chi connectivity index (χ3v) is 8.16. The quantitative estimate of drug-likeness (QED) is 0.681. The van der Waals surface area contributed by atoms with Crippen LogP contribution in [0.4, 0.5) is 0 Å². The third-order valence-electron chi connectivity index (χ3n) is 3.37. The van der Waals surface area contributed by atoms with Crippen molar-refractivity contribution in [3.05, 3.63) is 22.0 Å². The smallest absolute Gasteiger partial charge is 0.183 e. The van der Waals surface area contributed by atoms with Crippen LogP contribution < -0.4 is 0 Å². The molecule has 1 nitrogen and oxygen atoms in total. The van der Waals surface area contributed by atoms with E-state index in [1.807, 2.05) is 0 Å². The lowest BCUT2D eigenvalue weighted by Crippen LogP contribution is -2.39. The minimum absolute atomic E-state index is 0.921. The molecule has 2 heterocycles. The van der Waals surface area contributed by atoms with Crippen molar-refractivity contribution in [1.29, 1.82) is 0 Å². The molecule has 0 aromatic carbocycles. The highest BCUT2D eigenvalue weighted by atomic mass is 28.4. The molecule has 0 saturated heterocycles. The van der Waals surface area contributed by atoms with Gasteiger partial charge in [-0.25, -0.2) is 0 Å². The van der Waals surface area contributed by atoms with Crippen molar-refractivity contribution in [3.8, 4) is 0 Å². The summed E-state index contributed by atoms with van der Waals surface area (Å²) < 4.78 is 5.91. The minimum Gasteiger partial charge on any atom is -0.417 e. The van der Waals surface area contributed by atoms with Crippen LogP contribution in [-0.2, 0) is 4.43 Å². The summed E-state index contributed by atoms with van der Waals surface area (Å²) in [4.78, 5) is 0. The number of rotatable bonds is 4. The van der Waals surface area contributed by atoms with Gasteiger partial charge in [-0.2, -0.15) is 0 Å². The van der Waals surface area contributed by atoms with Gasteiger partial charge < -0.3 is 4.43 Å². The first-order chi connectivity index (χ1) is 6.82. The molecule has 15 heavy (non-hydrogen) atoms. The second kappa shape index (κ2) is 3.43. The molecule has 0 aromatic heterocycles. The van der Waals surface area contributed by atoms with E-state index in [0.717, 1.165) is 19.4 Å². The molecule has 83 valence electrons. The molecule has 0 saturated carbocycles. The van der Waals surface area contributed by atoms with E-state index in [9.17, 15) is 0 Å². The van der Waals surface area contributed by atoms with Crippen LogP contribution in [0, 0.1) is 6.08 Å². The molecule has 1 radical (unpaired) electrons. The Hall–Kier alpha value is -0.126. The number of allylic oxidation sites excluding steroid dienone is 3. The van der Waals surface area contributed by atoms with Crippen LogP contribution in [0.5, 0.6) is 0 Å². The zero-order chi connectivity index (χ0) is 11.3. The molecule has 2 bridgehead atoms. The molecule has 3 heteroatoms. The van der Waals surface area contributed by atoms with Gasteiger partial charge in [0, 0.05) is 6.61 Å². The van der Waals surface area contributed by atoms with Crippen LogP contribution in [0.15, 0.2) is 16.0 Å². The van der Waals surface area contributed by atoms with E-state index in [1.165, 1.54) is 0 Å². The fourth-order valence-corrected chi connectivity index (χ4v) is 6.49. The van der Waals surface area contributed by atoms with Gasteiger partial charge in [-0.1, -0.05) is 18.3 Å². The summed E-state index contributed by atoms with van der Waals surface area (Å²) in [5.41, 5.74) is 1.62. The largest absolute Gasteiger partial charge is 0.417 e. The van der Waals surface area contributed by atoms with E-state index in [-0.39, 0.29) is 0 Å². The Morgan fingerprint density at radius 2 is 2.00 bits per heavy atom. The predicted octanol–water partition coefficient (Wildman–Crippen LogP) is 3.46. The molecular formula is C12H21OSi2. The van der Waals surface area contributed by atoms with Gasteiger partial charge in [-0.3, -0.25) is 0 Å². The van der Waals surface area contributed by atoms with E-state index in [2.05, 4.69) is 38.8 Å². The first-order valence-electron chi connectivity index (χ1n) is 5.80. The maximum atomic E-state index is 5.91. The molecule has 0 unspecified atom stereocenters. The van der Waals surface area contributed by atoms with Gasteiger partial charge in [0.05, 0.1) is 0 Å². The van der Waals surface area contributed by atoms with Crippen molar-refractivity contribution in [3.63, 3.8) is 0 Å². The van der Waals surface area contributed by atoms with E-state index in [4.69, 9.17) is 4.43 Å². The lowest BCUT2D eigenvalue weighted by atomic mass is 10.2. The maximum Gasteiger partial charge on any atom is 0.183 e. The summed E-state index contributed by atoms with van der Waals surface area (Å²) in [6.07, 6.45) is 5.81. The molecule has 0 spiro atoms. The fraction of sp³-hybridized carbons (Fsp3) is 0.667. The molecule has 0 aromatic rings. The van der Waals surface area contributed by atoms with Gasteiger partial charge in [0.25, 0.3) is 0 Å². The van der Waals surface area contributed by atoms with Crippen LogP contribution in [-0.4, -0.2) is 23.0 Å². The maximum absolute atomic E-state index is 5.91. The van der Waals surface area contributed by atoms with Crippen LogP contribution in [0.2, 0.25) is 32.7 Å². The SMILES string of the molecule is C[Si](C)(C)OCCC1=C2C[C]=C1[Si]2(C)C. The Bertz CT molecular complexity index is 345. The fourth-order valence-electron chi connectivity index (χ4n) is 2.56. The normalized spacial score (nSPS) is 22.9. The second-order valence-corrected chi connectivity index (χ2v) is 14.9. The molecule has 1 aliphatic carbocycles. The van der Waals surface area contributed by atoms with Gasteiger partial charge in [0.15, 0.2) is 8.32 Å². The van der Waals surface area contributed by atoms with E-state index in [1.54, 1.807) is 16.0 Å². The van der Waals surface area contributed by atoms with E-state index < -0.39 is 16.4 Å². The van der Waals surface area contributed by atoms with E-state index >= 15 is 0 Å². The lowest BCUT2D eigenvalue weighted by molar-refractivity contribution is 0.316. The minimum atomic E-state index is -1.31. The monoisotopic (exact) mass is 237 g/mol. The summed E-state index contributed by atoms with van der Waals surface area (Å²) in [5.74, 6) is 0. The van der Waals surface area contributed by atoms with Crippen LogP contribution in [0.1, 0.15) is 12.8 Å². The lowest BCUT2D eigenvalue weighted by Gasteiger charge is -2.37. The number of fused-ring (bicyclic) bond motifs is 1. The van der Waals surface area contributed by atoms with Crippen LogP contribution >= 0.6 is 0 Å². The Balaban J connectivity index is 1.90. The average Bonchev–Trinajstić information content (AvgIpc) is 2.59. The van der Waals surface area contributed by atoms with Gasteiger partial charge in [-0.05, 0) is 49.3 Å². The Morgan fingerprint density at radius 3 is 2.40 bits per heavy atom. The zero-order valence-corrected chi connectivity index (χ0v) is 12.5. The first kappa shape index (κ1) is 11.4. The highest BCUT2D eigenvalue weighted by Crippen LogP contribution is 2.50. The standard InChI is InChI=1S/C12H21OSi2/c1-14(2,3)13-9-8-10-11-6-7-12(10)15(11,4)5/h6,8-9H2,1-5H3. The summed E-state index contributed by atoms with van der Waals surface area (Å²) >= 11 is 0. The van der Waals surface area contributed by atoms with Crippen LogP contribution in [0.25, 0.3) is 0 Å². The van der Waals surface area contributed by atoms with Gasteiger partial charge in [0.2, 0.25) is 0 Å². The van der Waals surface area contributed by atoms with E-state index in [0.29, 0.717) is 0 Å². The molecular weight excluding hydrogens is 216 g/mol. The molecule has 3 rings (SSSR count). The molecule has 0 atom stereocenters. The van der Waals surface area contributed by atoms with Gasteiger partial charge in [-0.15, -0.1) is 0 Å². The van der Waals surface area contributed by atoms with Crippen LogP contribution in [0.3, 0.4) is 0 Å². The van der Waals surface area contributed by atoms with Crippen molar-refractivity contribution in [2.75, 3.05) is 6.61 Å². The highest BCUT2D eigenvalue weighted by Gasteiger charge is 2.46. The van der Waals surface area contributed by atoms with Crippen molar-refractivity contribution in [2.24, 2.45) is 0 Å². The Morgan fingerprint density at radius 1 is 1.33 bits per heavy atom. The van der Waals surface area contributed by atoms with Crippen molar-refractivity contribution in [1.82, 2.24) is 0 Å². The molecule has 2 aliphatic heterocycles.